The third kappa shape index (κ3) is 3.79. The Bertz CT molecular complexity index is 2320. The molecule has 0 amide bonds. The Morgan fingerprint density at radius 3 is 1.81 bits per heavy atom. The van der Waals surface area contributed by atoms with Crippen LogP contribution in [0, 0.1) is 0 Å². The predicted molar refractivity (Wildman–Crippen MR) is 187 cm³/mol. The molecule has 0 atom stereocenters. The molecule has 220 valence electrons. The molecule has 0 bridgehead atoms. The van der Waals surface area contributed by atoms with Crippen LogP contribution < -0.4 is 24.6 Å². The second kappa shape index (κ2) is 10.1. The van der Waals surface area contributed by atoms with Crippen LogP contribution in [0.2, 0.25) is 0 Å². The monoisotopic (exact) mass is 618 g/mol. The van der Waals surface area contributed by atoms with Crippen LogP contribution in [0.4, 0.5) is 0 Å². The van der Waals surface area contributed by atoms with Crippen LogP contribution >= 0.6 is 0 Å². The molecule has 0 saturated heterocycles. The number of para-hydroxylation sites is 4. The Hall–Kier alpha value is -5.84. The Balaban J connectivity index is 1.25. The van der Waals surface area contributed by atoms with Crippen LogP contribution in [0.1, 0.15) is 22.3 Å². The fourth-order valence-corrected chi connectivity index (χ4v) is 8.79. The van der Waals surface area contributed by atoms with Crippen molar-refractivity contribution in [3.8, 4) is 56.8 Å². The molecule has 2 aliphatic heterocycles. The van der Waals surface area contributed by atoms with Crippen LogP contribution in [-0.4, -0.2) is 9.52 Å². The van der Waals surface area contributed by atoms with E-state index in [-0.39, 0.29) is 0 Å². The van der Waals surface area contributed by atoms with E-state index >= 15 is 0 Å². The van der Waals surface area contributed by atoms with Crippen LogP contribution in [0.5, 0.6) is 34.5 Å². The highest BCUT2D eigenvalue weighted by molar-refractivity contribution is 6.70. The molecule has 47 heavy (non-hydrogen) atoms. The minimum Gasteiger partial charge on any atom is -0.457 e. The van der Waals surface area contributed by atoms with E-state index in [2.05, 4.69) is 121 Å². The molecular formula is C43H26O3Si. The van der Waals surface area contributed by atoms with Gasteiger partial charge in [-0.05, 0) is 74.1 Å². The highest BCUT2D eigenvalue weighted by atomic mass is 28.2. The molecule has 0 saturated carbocycles. The van der Waals surface area contributed by atoms with E-state index in [4.69, 9.17) is 14.2 Å². The maximum Gasteiger partial charge on any atom is 0.177 e. The van der Waals surface area contributed by atoms with Crippen molar-refractivity contribution in [1.29, 1.82) is 0 Å². The van der Waals surface area contributed by atoms with Gasteiger partial charge in [0, 0.05) is 11.1 Å². The molecule has 7 aromatic rings. The van der Waals surface area contributed by atoms with E-state index in [1.54, 1.807) is 0 Å². The average Bonchev–Trinajstić information content (AvgIpc) is 3.44. The van der Waals surface area contributed by atoms with Gasteiger partial charge in [0.2, 0.25) is 0 Å². The average molecular weight is 619 g/mol. The third-order valence-electron chi connectivity index (χ3n) is 9.61. The Morgan fingerprint density at radius 2 is 1.04 bits per heavy atom. The quantitative estimate of drug-likeness (QED) is 0.185. The first-order valence-corrected chi connectivity index (χ1v) is 16.8. The molecule has 0 spiro atoms. The maximum atomic E-state index is 6.84. The molecule has 2 radical (unpaired) electrons. The molecular weight excluding hydrogens is 593 g/mol. The Labute approximate surface area is 275 Å². The van der Waals surface area contributed by atoms with Gasteiger partial charge in [-0.1, -0.05) is 127 Å². The molecule has 0 fully saturated rings. The number of hydrogen-bond donors (Lipinski definition) is 0. The third-order valence-corrected chi connectivity index (χ3v) is 11.0. The highest BCUT2D eigenvalue weighted by Crippen LogP contribution is 2.60. The summed E-state index contributed by atoms with van der Waals surface area (Å²) in [6.07, 6.45) is 0. The topological polar surface area (TPSA) is 27.7 Å². The second-order valence-corrected chi connectivity index (χ2v) is 13.4. The van der Waals surface area contributed by atoms with Crippen molar-refractivity contribution in [2.24, 2.45) is 0 Å². The summed E-state index contributed by atoms with van der Waals surface area (Å²) in [5.41, 5.74) is 8.71. The summed E-state index contributed by atoms with van der Waals surface area (Å²) in [4.78, 5) is 0. The normalized spacial score (nSPS) is 14.1. The van der Waals surface area contributed by atoms with E-state index < -0.39 is 5.41 Å². The zero-order chi connectivity index (χ0) is 31.0. The zero-order valence-corrected chi connectivity index (χ0v) is 26.2. The van der Waals surface area contributed by atoms with Gasteiger partial charge in [-0.15, -0.1) is 0 Å². The van der Waals surface area contributed by atoms with Gasteiger partial charge in [0.1, 0.15) is 21.0 Å². The fraction of sp³-hybridized carbons (Fsp3) is 0.0233. The van der Waals surface area contributed by atoms with Crippen molar-refractivity contribution in [3.63, 3.8) is 0 Å². The van der Waals surface area contributed by atoms with Crippen LogP contribution in [-0.2, 0) is 5.41 Å². The fourth-order valence-electron chi connectivity index (χ4n) is 7.61. The zero-order valence-electron chi connectivity index (χ0n) is 25.2. The van der Waals surface area contributed by atoms with E-state index in [0.29, 0.717) is 21.0 Å². The van der Waals surface area contributed by atoms with Crippen molar-refractivity contribution in [3.05, 3.63) is 180 Å². The largest absolute Gasteiger partial charge is 0.457 e. The van der Waals surface area contributed by atoms with Gasteiger partial charge in [-0.3, -0.25) is 0 Å². The minimum atomic E-state index is -0.569. The van der Waals surface area contributed by atoms with Crippen molar-refractivity contribution >= 4 is 19.9 Å². The molecule has 0 aromatic heterocycles. The number of fused-ring (bicyclic) bond motifs is 8. The van der Waals surface area contributed by atoms with Gasteiger partial charge in [0.25, 0.3) is 0 Å². The first-order chi connectivity index (χ1) is 23.3. The number of rotatable bonds is 3. The predicted octanol–water partition coefficient (Wildman–Crippen LogP) is 9.38. The molecule has 0 unspecified atom stereocenters. The van der Waals surface area contributed by atoms with E-state index in [0.717, 1.165) is 34.1 Å². The summed E-state index contributed by atoms with van der Waals surface area (Å²) < 4.78 is 19.7. The highest BCUT2D eigenvalue weighted by Gasteiger charge is 2.48. The standard InChI is InChI=1S/C43H26O3Si/c1-3-12-28(13-4-1)43(29-14-5-2-6-15-29)32-24-25-39-42(46-36-19-9-10-21-38(36)47-39)40(32)31-23-22-27(26-33(31)43)30-16-11-20-37-41(30)45-35-18-8-7-17-34(35)44-37/h1-26H. The first-order valence-electron chi connectivity index (χ1n) is 15.8. The Morgan fingerprint density at radius 1 is 0.404 bits per heavy atom. The summed E-state index contributed by atoms with van der Waals surface area (Å²) in [6.45, 7) is 0. The van der Waals surface area contributed by atoms with Gasteiger partial charge < -0.3 is 14.2 Å². The molecule has 10 rings (SSSR count). The number of benzene rings is 7. The lowest BCUT2D eigenvalue weighted by atomic mass is 9.67. The lowest BCUT2D eigenvalue weighted by molar-refractivity contribution is 0.361. The van der Waals surface area contributed by atoms with E-state index in [9.17, 15) is 0 Å². The smallest absolute Gasteiger partial charge is 0.177 e. The van der Waals surface area contributed by atoms with E-state index in [1.807, 2.05) is 36.4 Å². The summed E-state index contributed by atoms with van der Waals surface area (Å²) in [7, 11) is 0.528. The first kappa shape index (κ1) is 26.4. The summed E-state index contributed by atoms with van der Waals surface area (Å²) >= 11 is 0. The van der Waals surface area contributed by atoms with Gasteiger partial charge in [0.15, 0.2) is 23.0 Å². The molecule has 7 aromatic carbocycles. The summed E-state index contributed by atoms with van der Waals surface area (Å²) in [5.74, 6) is 4.78. The van der Waals surface area contributed by atoms with Gasteiger partial charge >= 0.3 is 0 Å². The maximum absolute atomic E-state index is 6.84. The van der Waals surface area contributed by atoms with Crippen molar-refractivity contribution in [2.75, 3.05) is 0 Å². The van der Waals surface area contributed by atoms with Crippen molar-refractivity contribution in [1.82, 2.24) is 0 Å². The lowest BCUT2D eigenvalue weighted by Crippen LogP contribution is -2.35. The molecule has 3 aliphatic rings. The van der Waals surface area contributed by atoms with Gasteiger partial charge in [0.05, 0.1) is 5.41 Å². The minimum absolute atomic E-state index is 0.528. The SMILES string of the molecule is c1ccc(C2(c3ccccc3)c3cc(-c4cccc5c4Oc4ccccc4O5)ccc3-c3c2ccc2c3Oc3ccccc3[Si]2)cc1. The Kier molecular flexibility index (Phi) is 5.66. The number of ether oxygens (including phenoxy) is 3. The molecule has 3 nitrogen and oxygen atoms in total. The van der Waals surface area contributed by atoms with Crippen molar-refractivity contribution in [2.45, 2.75) is 5.41 Å². The lowest BCUT2D eigenvalue weighted by Gasteiger charge is -2.34. The molecule has 0 N–H and O–H groups in total. The number of hydrogen-bond acceptors (Lipinski definition) is 3. The van der Waals surface area contributed by atoms with Crippen LogP contribution in [0.15, 0.2) is 158 Å². The molecule has 2 heterocycles. The van der Waals surface area contributed by atoms with Crippen LogP contribution in [0.25, 0.3) is 22.3 Å². The van der Waals surface area contributed by atoms with Crippen LogP contribution in [0.3, 0.4) is 0 Å². The summed E-state index contributed by atoms with van der Waals surface area (Å²) in [6, 6.07) is 55.6. The second-order valence-electron chi connectivity index (χ2n) is 12.1. The van der Waals surface area contributed by atoms with E-state index in [1.165, 1.54) is 43.8 Å². The molecule has 4 heteroatoms. The summed E-state index contributed by atoms with van der Waals surface area (Å²) in [5, 5.41) is 2.47. The van der Waals surface area contributed by atoms with Gasteiger partial charge in [-0.2, -0.15) is 0 Å². The molecule has 1 aliphatic carbocycles. The van der Waals surface area contributed by atoms with Gasteiger partial charge in [-0.25, -0.2) is 0 Å². The van der Waals surface area contributed by atoms with Crippen molar-refractivity contribution < 1.29 is 14.2 Å².